The van der Waals surface area contributed by atoms with Crippen molar-refractivity contribution >= 4 is 40.8 Å². The Morgan fingerprint density at radius 1 is 1.05 bits per heavy atom. The number of nitrogens with one attached hydrogen (secondary N) is 1. The average molecular weight is 338 g/mol. The molecule has 0 fully saturated rings. The summed E-state index contributed by atoms with van der Waals surface area (Å²) in [4.78, 5) is 22.9. The van der Waals surface area contributed by atoms with Crippen molar-refractivity contribution in [3.8, 4) is 0 Å². The largest absolute Gasteiger partial charge is 0.478 e. The van der Waals surface area contributed by atoms with Crippen LogP contribution in [0, 0.1) is 0 Å². The third kappa shape index (κ3) is 4.48. The lowest BCUT2D eigenvalue weighted by Crippen LogP contribution is -2.13. The highest BCUT2D eigenvalue weighted by molar-refractivity contribution is 6.33. The molecule has 0 spiro atoms. The number of hydrogen-bond donors (Lipinski definition) is 2. The highest BCUT2D eigenvalue weighted by Gasteiger charge is 2.10. The minimum atomic E-state index is -1.08. The first-order valence-electron chi connectivity index (χ1n) is 6.53. The van der Waals surface area contributed by atoms with Gasteiger partial charge in [0, 0.05) is 11.4 Å². The first kappa shape index (κ1) is 16.3. The lowest BCUT2D eigenvalue weighted by Gasteiger charge is -2.08. The fourth-order valence-corrected chi connectivity index (χ4v) is 2.17. The number of benzene rings is 2. The van der Waals surface area contributed by atoms with Gasteiger partial charge in [-0.1, -0.05) is 35.3 Å². The molecule has 0 saturated heterocycles. The van der Waals surface area contributed by atoms with Gasteiger partial charge >= 0.3 is 5.97 Å². The van der Waals surface area contributed by atoms with Gasteiger partial charge < -0.3 is 10.4 Å². The normalized spacial score (nSPS) is 10.3. The Bertz CT molecular complexity index is 699. The van der Waals surface area contributed by atoms with Crippen LogP contribution in [0.15, 0.2) is 42.5 Å². The van der Waals surface area contributed by atoms with Crippen molar-refractivity contribution in [3.63, 3.8) is 0 Å². The molecule has 0 aliphatic rings. The molecule has 0 radical (unpaired) electrons. The number of aromatic carboxylic acids is 1. The zero-order chi connectivity index (χ0) is 16.1. The van der Waals surface area contributed by atoms with Crippen molar-refractivity contribution < 1.29 is 14.7 Å². The number of carboxylic acid groups (broad SMARTS) is 1. The quantitative estimate of drug-likeness (QED) is 0.856. The summed E-state index contributed by atoms with van der Waals surface area (Å²) in [6, 6.07) is 11.4. The molecular weight excluding hydrogens is 325 g/mol. The van der Waals surface area contributed by atoms with Crippen molar-refractivity contribution in [3.05, 3.63) is 63.6 Å². The summed E-state index contributed by atoms with van der Waals surface area (Å²) < 4.78 is 0. The Hall–Kier alpha value is -2.04. The lowest BCUT2D eigenvalue weighted by molar-refractivity contribution is -0.116. The fourth-order valence-electron chi connectivity index (χ4n) is 1.88. The SMILES string of the molecule is O=C(CCc1ccc(Cl)cc1)Nc1cc(C(=O)O)ccc1Cl. The number of carbonyl (C=O) groups excluding carboxylic acids is 1. The molecule has 4 nitrogen and oxygen atoms in total. The second-order valence-corrected chi connectivity index (χ2v) is 5.52. The molecule has 0 unspecified atom stereocenters. The van der Waals surface area contributed by atoms with Crippen LogP contribution in [-0.2, 0) is 11.2 Å². The van der Waals surface area contributed by atoms with E-state index >= 15 is 0 Å². The van der Waals surface area contributed by atoms with Crippen LogP contribution in [0.3, 0.4) is 0 Å². The zero-order valence-corrected chi connectivity index (χ0v) is 13.0. The molecule has 0 saturated carbocycles. The van der Waals surface area contributed by atoms with Gasteiger partial charge in [0.2, 0.25) is 5.91 Å². The number of amides is 1. The van der Waals surface area contributed by atoms with Gasteiger partial charge in [0.15, 0.2) is 0 Å². The minimum absolute atomic E-state index is 0.0670. The van der Waals surface area contributed by atoms with Gasteiger partial charge in [-0.15, -0.1) is 0 Å². The predicted octanol–water partition coefficient (Wildman–Crippen LogP) is 4.26. The summed E-state index contributed by atoms with van der Waals surface area (Å²) in [6.45, 7) is 0. The summed E-state index contributed by atoms with van der Waals surface area (Å²) in [5.41, 5.74) is 1.35. The van der Waals surface area contributed by atoms with E-state index in [0.29, 0.717) is 22.2 Å². The molecule has 0 aliphatic carbocycles. The van der Waals surface area contributed by atoms with E-state index in [1.54, 1.807) is 12.1 Å². The molecular formula is C16H13Cl2NO3. The number of hydrogen-bond acceptors (Lipinski definition) is 2. The van der Waals surface area contributed by atoms with Crippen LogP contribution >= 0.6 is 23.2 Å². The van der Waals surface area contributed by atoms with Crippen molar-refractivity contribution in [2.24, 2.45) is 0 Å². The Morgan fingerprint density at radius 2 is 1.73 bits per heavy atom. The first-order chi connectivity index (χ1) is 10.5. The second kappa shape index (κ2) is 7.29. The van der Waals surface area contributed by atoms with Crippen LogP contribution in [0.5, 0.6) is 0 Å². The molecule has 1 amide bonds. The van der Waals surface area contributed by atoms with Gasteiger partial charge in [-0.3, -0.25) is 4.79 Å². The van der Waals surface area contributed by atoms with Crippen LogP contribution in [0.25, 0.3) is 0 Å². The first-order valence-corrected chi connectivity index (χ1v) is 7.28. The smallest absolute Gasteiger partial charge is 0.335 e. The van der Waals surface area contributed by atoms with Crippen LogP contribution < -0.4 is 5.32 Å². The van der Waals surface area contributed by atoms with E-state index in [9.17, 15) is 9.59 Å². The van der Waals surface area contributed by atoms with E-state index in [0.717, 1.165) is 5.56 Å². The molecule has 0 heterocycles. The standard InChI is InChI=1S/C16H13Cl2NO3/c17-12-5-1-10(2-6-12)3-8-15(20)19-14-9-11(16(21)22)4-7-13(14)18/h1-2,4-7,9H,3,8H2,(H,19,20)(H,21,22). The fraction of sp³-hybridized carbons (Fsp3) is 0.125. The van der Waals surface area contributed by atoms with Crippen molar-refractivity contribution in [2.75, 3.05) is 5.32 Å². The third-order valence-electron chi connectivity index (χ3n) is 3.04. The Balaban J connectivity index is 1.98. The van der Waals surface area contributed by atoms with Crippen LogP contribution in [0.4, 0.5) is 5.69 Å². The average Bonchev–Trinajstić information content (AvgIpc) is 2.48. The Morgan fingerprint density at radius 3 is 2.36 bits per heavy atom. The van der Waals surface area contributed by atoms with Gasteiger partial charge in [0.25, 0.3) is 0 Å². The van der Waals surface area contributed by atoms with E-state index in [4.69, 9.17) is 28.3 Å². The van der Waals surface area contributed by atoms with Crippen LogP contribution in [-0.4, -0.2) is 17.0 Å². The summed E-state index contributed by atoms with van der Waals surface area (Å²) in [7, 11) is 0. The van der Waals surface area contributed by atoms with E-state index in [1.165, 1.54) is 18.2 Å². The van der Waals surface area contributed by atoms with Crippen LogP contribution in [0.2, 0.25) is 10.0 Å². The van der Waals surface area contributed by atoms with Gasteiger partial charge in [-0.25, -0.2) is 4.79 Å². The van der Waals surface area contributed by atoms with E-state index in [-0.39, 0.29) is 17.9 Å². The molecule has 2 aromatic rings. The number of carboxylic acids is 1. The molecule has 2 rings (SSSR count). The Kier molecular flexibility index (Phi) is 5.41. The van der Waals surface area contributed by atoms with Gasteiger partial charge in [-0.05, 0) is 42.3 Å². The molecule has 0 atom stereocenters. The molecule has 2 aromatic carbocycles. The number of halogens is 2. The van der Waals surface area contributed by atoms with Crippen molar-refractivity contribution in [1.82, 2.24) is 0 Å². The minimum Gasteiger partial charge on any atom is -0.478 e. The second-order valence-electron chi connectivity index (χ2n) is 4.67. The maximum Gasteiger partial charge on any atom is 0.335 e. The maximum atomic E-state index is 11.9. The molecule has 114 valence electrons. The van der Waals surface area contributed by atoms with Gasteiger partial charge in [0.1, 0.15) is 0 Å². The van der Waals surface area contributed by atoms with E-state index in [1.807, 2.05) is 12.1 Å². The molecule has 0 bridgehead atoms. The highest BCUT2D eigenvalue weighted by Crippen LogP contribution is 2.23. The van der Waals surface area contributed by atoms with E-state index < -0.39 is 5.97 Å². The molecule has 6 heteroatoms. The monoisotopic (exact) mass is 337 g/mol. The molecule has 0 aliphatic heterocycles. The number of aryl methyl sites for hydroxylation is 1. The summed E-state index contributed by atoms with van der Waals surface area (Å²) >= 11 is 11.8. The highest BCUT2D eigenvalue weighted by atomic mass is 35.5. The summed E-state index contributed by atoms with van der Waals surface area (Å²) in [5, 5.41) is 12.5. The van der Waals surface area contributed by atoms with Crippen molar-refractivity contribution in [1.29, 1.82) is 0 Å². The molecule has 2 N–H and O–H groups in total. The number of rotatable bonds is 5. The maximum absolute atomic E-state index is 11.9. The van der Waals surface area contributed by atoms with Gasteiger partial charge in [0.05, 0.1) is 16.3 Å². The van der Waals surface area contributed by atoms with E-state index in [2.05, 4.69) is 5.32 Å². The molecule has 22 heavy (non-hydrogen) atoms. The lowest BCUT2D eigenvalue weighted by atomic mass is 10.1. The topological polar surface area (TPSA) is 66.4 Å². The Labute approximate surface area is 137 Å². The molecule has 0 aromatic heterocycles. The number of carbonyl (C=O) groups is 2. The van der Waals surface area contributed by atoms with Crippen LogP contribution in [0.1, 0.15) is 22.3 Å². The van der Waals surface area contributed by atoms with Gasteiger partial charge in [-0.2, -0.15) is 0 Å². The van der Waals surface area contributed by atoms with Crippen molar-refractivity contribution in [2.45, 2.75) is 12.8 Å². The predicted molar refractivity (Wildman–Crippen MR) is 86.8 cm³/mol. The third-order valence-corrected chi connectivity index (χ3v) is 3.62. The number of anilines is 1. The summed E-state index contributed by atoms with van der Waals surface area (Å²) in [6.07, 6.45) is 0.814. The summed E-state index contributed by atoms with van der Waals surface area (Å²) in [5.74, 6) is -1.31. The zero-order valence-electron chi connectivity index (χ0n) is 11.5.